The molecule has 1 aliphatic rings. The zero-order chi connectivity index (χ0) is 23.3. The number of nitrogens with zero attached hydrogens (tertiary/aromatic N) is 7. The highest BCUT2D eigenvalue weighted by molar-refractivity contribution is 7.98. The molecule has 1 fully saturated rings. The summed E-state index contributed by atoms with van der Waals surface area (Å²) in [5.41, 5.74) is 1.89. The van der Waals surface area contributed by atoms with E-state index in [0.29, 0.717) is 23.3 Å². The molecule has 1 aliphatic carbocycles. The Morgan fingerprint density at radius 3 is 2.47 bits per heavy atom. The zero-order valence-corrected chi connectivity index (χ0v) is 20.1. The number of tetrazole rings is 1. The molecule has 34 heavy (non-hydrogen) atoms. The molecule has 4 aromatic rings. The number of rotatable bonds is 8. The third-order valence-electron chi connectivity index (χ3n) is 6.11. The Bertz CT molecular complexity index is 1240. The van der Waals surface area contributed by atoms with Gasteiger partial charge in [0, 0.05) is 11.6 Å². The fourth-order valence-corrected chi connectivity index (χ4v) is 5.32. The van der Waals surface area contributed by atoms with Crippen LogP contribution in [0.15, 0.2) is 53.7 Å². The number of para-hydroxylation sites is 1. The van der Waals surface area contributed by atoms with Crippen LogP contribution in [-0.4, -0.2) is 49.2 Å². The number of hydrogen-bond acceptors (Lipinski definition) is 8. The molecule has 176 valence electrons. The highest BCUT2D eigenvalue weighted by Gasteiger charge is 2.25. The summed E-state index contributed by atoms with van der Waals surface area (Å²) in [4.78, 5) is 0. The average Bonchev–Trinajstić information content (AvgIpc) is 3.55. The Morgan fingerprint density at radius 1 is 0.912 bits per heavy atom. The van der Waals surface area contributed by atoms with Crippen molar-refractivity contribution in [3.63, 3.8) is 0 Å². The number of methoxy groups -OCH3 is 2. The van der Waals surface area contributed by atoms with Crippen molar-refractivity contribution in [2.24, 2.45) is 0 Å². The first-order chi connectivity index (χ1) is 16.8. The van der Waals surface area contributed by atoms with Crippen LogP contribution in [0.1, 0.15) is 44.0 Å². The third kappa shape index (κ3) is 4.50. The molecule has 10 heteroatoms. The quantitative estimate of drug-likeness (QED) is 0.336. The van der Waals surface area contributed by atoms with Gasteiger partial charge in [0.05, 0.1) is 25.7 Å². The molecule has 2 aromatic heterocycles. The maximum absolute atomic E-state index is 5.53. The lowest BCUT2D eigenvalue weighted by molar-refractivity contribution is 0.339. The first-order valence-electron chi connectivity index (χ1n) is 11.4. The summed E-state index contributed by atoms with van der Waals surface area (Å²) in [5.74, 6) is 3.56. The number of ether oxygens (including phenoxy) is 2. The normalized spacial score (nSPS) is 14.3. The van der Waals surface area contributed by atoms with Gasteiger partial charge in [-0.25, -0.2) is 0 Å². The van der Waals surface area contributed by atoms with Crippen LogP contribution in [0, 0.1) is 0 Å². The predicted octanol–water partition coefficient (Wildman–Crippen LogP) is 4.74. The lowest BCUT2D eigenvalue weighted by Gasteiger charge is -2.25. The molecule has 2 aromatic carbocycles. The van der Waals surface area contributed by atoms with Gasteiger partial charge in [0.25, 0.3) is 0 Å². The molecular formula is C24H27N7O2S. The van der Waals surface area contributed by atoms with E-state index in [4.69, 9.17) is 9.47 Å². The molecule has 0 unspecified atom stereocenters. The summed E-state index contributed by atoms with van der Waals surface area (Å²) in [5, 5.41) is 22.4. The minimum Gasteiger partial charge on any atom is -0.493 e. The third-order valence-corrected chi connectivity index (χ3v) is 7.05. The smallest absolute Gasteiger partial charge is 0.192 e. The van der Waals surface area contributed by atoms with Gasteiger partial charge in [-0.2, -0.15) is 4.68 Å². The summed E-state index contributed by atoms with van der Waals surface area (Å²) < 4.78 is 15.0. The topological polar surface area (TPSA) is 92.8 Å². The number of benzene rings is 2. The molecule has 9 nitrogen and oxygen atoms in total. The van der Waals surface area contributed by atoms with Crippen molar-refractivity contribution >= 4 is 11.8 Å². The Balaban J connectivity index is 1.47. The van der Waals surface area contributed by atoms with E-state index in [-0.39, 0.29) is 0 Å². The molecule has 2 heterocycles. The average molecular weight is 478 g/mol. The Labute approximate surface area is 202 Å². The minimum absolute atomic E-state index is 0.361. The van der Waals surface area contributed by atoms with Crippen LogP contribution in [0.2, 0.25) is 0 Å². The standard InChI is InChI=1S/C24H27N7O2S/c1-32-20-14-13-17(15-21(20)33-2)23-26-27-24(30(23)18-9-5-3-6-10-18)34-16-22-25-28-29-31(22)19-11-7-4-8-12-19/h4,7-8,11-15,18H,3,5-6,9-10,16H2,1-2H3. The molecule has 0 spiro atoms. The fourth-order valence-electron chi connectivity index (χ4n) is 4.41. The maximum Gasteiger partial charge on any atom is 0.192 e. The lowest BCUT2D eigenvalue weighted by Crippen LogP contribution is -2.15. The molecule has 0 saturated heterocycles. The molecule has 0 radical (unpaired) electrons. The van der Waals surface area contributed by atoms with Gasteiger partial charge in [-0.05, 0) is 53.6 Å². The van der Waals surface area contributed by atoms with E-state index in [9.17, 15) is 0 Å². The van der Waals surface area contributed by atoms with Gasteiger partial charge >= 0.3 is 0 Å². The Hall–Kier alpha value is -3.40. The van der Waals surface area contributed by atoms with Gasteiger partial charge < -0.3 is 9.47 Å². The van der Waals surface area contributed by atoms with Crippen LogP contribution in [-0.2, 0) is 5.75 Å². The summed E-state index contributed by atoms with van der Waals surface area (Å²) in [6.07, 6.45) is 5.94. The van der Waals surface area contributed by atoms with E-state index >= 15 is 0 Å². The summed E-state index contributed by atoms with van der Waals surface area (Å²) in [6, 6.07) is 16.2. The van der Waals surface area contributed by atoms with Gasteiger partial charge in [-0.1, -0.05) is 49.2 Å². The molecule has 1 saturated carbocycles. The van der Waals surface area contributed by atoms with Crippen LogP contribution in [0.4, 0.5) is 0 Å². The number of aromatic nitrogens is 7. The molecular weight excluding hydrogens is 450 g/mol. The lowest BCUT2D eigenvalue weighted by atomic mass is 9.95. The van der Waals surface area contributed by atoms with E-state index < -0.39 is 0 Å². The van der Waals surface area contributed by atoms with Crippen molar-refractivity contribution in [2.45, 2.75) is 49.1 Å². The number of thioether (sulfide) groups is 1. The molecule has 0 N–H and O–H groups in total. The molecule has 5 rings (SSSR count). The van der Waals surface area contributed by atoms with E-state index in [0.717, 1.165) is 40.9 Å². The first-order valence-corrected chi connectivity index (χ1v) is 12.4. The molecule has 0 atom stereocenters. The van der Waals surface area contributed by atoms with Crippen molar-refractivity contribution in [2.75, 3.05) is 14.2 Å². The van der Waals surface area contributed by atoms with Gasteiger partial charge in [0.2, 0.25) is 0 Å². The zero-order valence-electron chi connectivity index (χ0n) is 19.3. The molecule has 0 amide bonds. The molecule has 0 bridgehead atoms. The highest BCUT2D eigenvalue weighted by atomic mass is 32.2. The van der Waals surface area contributed by atoms with E-state index in [1.54, 1.807) is 30.7 Å². The van der Waals surface area contributed by atoms with Crippen molar-refractivity contribution in [3.05, 3.63) is 54.4 Å². The van der Waals surface area contributed by atoms with Crippen molar-refractivity contribution < 1.29 is 9.47 Å². The van der Waals surface area contributed by atoms with Crippen LogP contribution in [0.5, 0.6) is 11.5 Å². The second-order valence-corrected chi connectivity index (χ2v) is 9.11. The van der Waals surface area contributed by atoms with Gasteiger partial charge in [-0.3, -0.25) is 4.57 Å². The Kier molecular flexibility index (Phi) is 6.75. The summed E-state index contributed by atoms with van der Waals surface area (Å²) in [7, 11) is 3.28. The second-order valence-electron chi connectivity index (χ2n) is 8.17. The minimum atomic E-state index is 0.361. The van der Waals surface area contributed by atoms with E-state index in [2.05, 4.69) is 30.3 Å². The fraction of sp³-hybridized carbons (Fsp3) is 0.375. The summed E-state index contributed by atoms with van der Waals surface area (Å²) >= 11 is 1.61. The monoisotopic (exact) mass is 477 g/mol. The SMILES string of the molecule is COc1ccc(-c2nnc(SCc3nnnn3-c3ccccc3)n2C2CCCCC2)cc1OC. The highest BCUT2D eigenvalue weighted by Crippen LogP contribution is 2.38. The van der Waals surface area contributed by atoms with Gasteiger partial charge in [0.1, 0.15) is 0 Å². The summed E-state index contributed by atoms with van der Waals surface area (Å²) in [6.45, 7) is 0. The first kappa shape index (κ1) is 22.4. The van der Waals surface area contributed by atoms with Crippen molar-refractivity contribution in [3.8, 4) is 28.6 Å². The second kappa shape index (κ2) is 10.3. The van der Waals surface area contributed by atoms with Gasteiger partial charge in [0.15, 0.2) is 28.3 Å². The van der Waals surface area contributed by atoms with Crippen LogP contribution < -0.4 is 9.47 Å². The van der Waals surface area contributed by atoms with Crippen LogP contribution in [0.3, 0.4) is 0 Å². The van der Waals surface area contributed by atoms with E-state index in [1.165, 1.54) is 19.3 Å². The molecule has 0 aliphatic heterocycles. The van der Waals surface area contributed by atoms with Crippen molar-refractivity contribution in [1.82, 2.24) is 35.0 Å². The van der Waals surface area contributed by atoms with Gasteiger partial charge in [-0.15, -0.1) is 15.3 Å². The largest absolute Gasteiger partial charge is 0.493 e. The van der Waals surface area contributed by atoms with Crippen LogP contribution in [0.25, 0.3) is 17.1 Å². The van der Waals surface area contributed by atoms with E-state index in [1.807, 2.05) is 48.5 Å². The maximum atomic E-state index is 5.53. The van der Waals surface area contributed by atoms with Crippen molar-refractivity contribution in [1.29, 1.82) is 0 Å². The van der Waals surface area contributed by atoms with Crippen LogP contribution >= 0.6 is 11.8 Å². The predicted molar refractivity (Wildman–Crippen MR) is 129 cm³/mol. The Morgan fingerprint density at radius 2 is 1.71 bits per heavy atom. The number of hydrogen-bond donors (Lipinski definition) is 0.